The molecule has 3 nitrogen and oxygen atoms in total. The van der Waals surface area contributed by atoms with Gasteiger partial charge < -0.3 is 10.4 Å². The molecule has 0 atom stereocenters. The van der Waals surface area contributed by atoms with Crippen LogP contribution in [0.15, 0.2) is 30.9 Å². The maximum Gasteiger partial charge on any atom is 0.416 e. The number of carbonyl (C=O) groups is 1. The lowest BCUT2D eigenvalue weighted by Crippen LogP contribution is -2.09. The minimum absolute atomic E-state index is 0.0992. The van der Waals surface area contributed by atoms with Gasteiger partial charge in [0.15, 0.2) is 0 Å². The Bertz CT molecular complexity index is 427. The number of carbonyl (C=O) groups excluding carboxylic acids is 1. The van der Waals surface area contributed by atoms with Crippen LogP contribution >= 0.6 is 0 Å². The lowest BCUT2D eigenvalue weighted by molar-refractivity contribution is -0.137. The molecule has 0 fully saturated rings. The Morgan fingerprint density at radius 1 is 1.44 bits per heavy atom. The minimum Gasteiger partial charge on any atom is -0.506 e. The molecular formula is C10H8F3NO2. The van der Waals surface area contributed by atoms with Gasteiger partial charge in [0, 0.05) is 0 Å². The van der Waals surface area contributed by atoms with E-state index in [1.54, 1.807) is 0 Å². The molecule has 1 amide bonds. The second kappa shape index (κ2) is 4.26. The highest BCUT2D eigenvalue weighted by atomic mass is 19.4. The van der Waals surface area contributed by atoms with E-state index >= 15 is 0 Å². The second-order valence-electron chi connectivity index (χ2n) is 2.92. The fourth-order valence-corrected chi connectivity index (χ4v) is 0.997. The van der Waals surface area contributed by atoms with Crippen molar-refractivity contribution in [2.45, 2.75) is 6.18 Å². The van der Waals surface area contributed by atoms with Crippen molar-refractivity contribution >= 4 is 11.6 Å². The molecule has 0 radical (unpaired) electrons. The van der Waals surface area contributed by atoms with E-state index in [-0.39, 0.29) is 5.69 Å². The predicted octanol–water partition coefficient (Wildman–Crippen LogP) is 2.54. The van der Waals surface area contributed by atoms with E-state index < -0.39 is 23.4 Å². The van der Waals surface area contributed by atoms with Gasteiger partial charge in [0.1, 0.15) is 5.75 Å². The van der Waals surface area contributed by atoms with Crippen LogP contribution in [0.1, 0.15) is 5.56 Å². The molecule has 0 aliphatic rings. The van der Waals surface area contributed by atoms with Gasteiger partial charge >= 0.3 is 6.18 Å². The molecule has 0 spiro atoms. The molecule has 86 valence electrons. The first-order valence-electron chi connectivity index (χ1n) is 4.18. The maximum atomic E-state index is 12.2. The zero-order valence-electron chi connectivity index (χ0n) is 8.01. The fraction of sp³-hybridized carbons (Fsp3) is 0.100. The number of nitrogens with one attached hydrogen (secondary N) is 1. The summed E-state index contributed by atoms with van der Waals surface area (Å²) in [6, 6.07) is 2.27. The van der Waals surface area contributed by atoms with Crippen LogP contribution in [0.25, 0.3) is 0 Å². The zero-order valence-corrected chi connectivity index (χ0v) is 8.01. The van der Waals surface area contributed by atoms with E-state index in [0.29, 0.717) is 6.07 Å². The number of benzene rings is 1. The van der Waals surface area contributed by atoms with Crippen molar-refractivity contribution in [2.75, 3.05) is 5.32 Å². The van der Waals surface area contributed by atoms with Crippen molar-refractivity contribution in [3.8, 4) is 5.75 Å². The van der Waals surface area contributed by atoms with E-state index in [1.165, 1.54) is 0 Å². The minimum atomic E-state index is -4.53. The average Bonchev–Trinajstić information content (AvgIpc) is 2.19. The topological polar surface area (TPSA) is 49.3 Å². The SMILES string of the molecule is C=CC(=O)Nc1ccc(C(F)(F)F)cc1O. The fourth-order valence-electron chi connectivity index (χ4n) is 0.997. The second-order valence-corrected chi connectivity index (χ2v) is 2.92. The van der Waals surface area contributed by atoms with E-state index in [9.17, 15) is 23.1 Å². The first-order chi connectivity index (χ1) is 7.34. The Morgan fingerprint density at radius 2 is 2.06 bits per heavy atom. The third-order valence-electron chi connectivity index (χ3n) is 1.77. The van der Waals surface area contributed by atoms with Gasteiger partial charge in [-0.15, -0.1) is 0 Å². The summed E-state index contributed by atoms with van der Waals surface area (Å²) >= 11 is 0. The van der Waals surface area contributed by atoms with Crippen molar-refractivity contribution in [3.63, 3.8) is 0 Å². The zero-order chi connectivity index (χ0) is 12.3. The molecule has 1 aromatic carbocycles. The number of amides is 1. The van der Waals surface area contributed by atoms with Gasteiger partial charge in [0.05, 0.1) is 11.3 Å². The molecule has 0 aliphatic carbocycles. The third kappa shape index (κ3) is 2.75. The Balaban J connectivity index is 3.01. The molecule has 0 aromatic heterocycles. The predicted molar refractivity (Wildman–Crippen MR) is 51.9 cm³/mol. The van der Waals surface area contributed by atoms with Gasteiger partial charge in [-0.05, 0) is 24.3 Å². The number of hydrogen-bond acceptors (Lipinski definition) is 2. The van der Waals surface area contributed by atoms with Crippen molar-refractivity contribution in [1.29, 1.82) is 0 Å². The van der Waals surface area contributed by atoms with Crippen LogP contribution < -0.4 is 5.32 Å². The lowest BCUT2D eigenvalue weighted by atomic mass is 10.2. The Kier molecular flexibility index (Phi) is 3.22. The van der Waals surface area contributed by atoms with E-state index in [2.05, 4.69) is 11.9 Å². The average molecular weight is 231 g/mol. The highest BCUT2D eigenvalue weighted by molar-refractivity contribution is 5.99. The van der Waals surface area contributed by atoms with Gasteiger partial charge in [-0.25, -0.2) is 0 Å². The number of halogens is 3. The van der Waals surface area contributed by atoms with Crippen molar-refractivity contribution in [3.05, 3.63) is 36.4 Å². The van der Waals surface area contributed by atoms with Crippen molar-refractivity contribution < 1.29 is 23.1 Å². The van der Waals surface area contributed by atoms with Crippen LogP contribution in [0.3, 0.4) is 0 Å². The number of hydrogen-bond donors (Lipinski definition) is 2. The summed E-state index contributed by atoms with van der Waals surface area (Å²) in [5, 5.41) is 11.4. The number of phenolic OH excluding ortho intramolecular Hbond substituents is 1. The molecule has 0 saturated carbocycles. The first-order valence-corrected chi connectivity index (χ1v) is 4.18. The summed E-state index contributed by atoms with van der Waals surface area (Å²) in [6.07, 6.45) is -3.59. The normalized spacial score (nSPS) is 10.9. The monoisotopic (exact) mass is 231 g/mol. The summed E-state index contributed by atoms with van der Waals surface area (Å²) < 4.78 is 36.6. The first kappa shape index (κ1) is 12.1. The summed E-state index contributed by atoms with van der Waals surface area (Å²) in [5.41, 5.74) is -1.08. The lowest BCUT2D eigenvalue weighted by Gasteiger charge is -2.09. The number of alkyl halides is 3. The highest BCUT2D eigenvalue weighted by Crippen LogP contribution is 2.34. The standard InChI is InChI=1S/C10H8F3NO2/c1-2-9(16)14-7-4-3-6(5-8(7)15)10(11,12)13/h2-5,15H,1H2,(H,14,16). The van der Waals surface area contributed by atoms with Crippen LogP contribution in [0.2, 0.25) is 0 Å². The van der Waals surface area contributed by atoms with Gasteiger partial charge in [-0.2, -0.15) is 13.2 Å². The van der Waals surface area contributed by atoms with Gasteiger partial charge in [-0.1, -0.05) is 6.58 Å². The summed E-state index contributed by atoms with van der Waals surface area (Å²) in [7, 11) is 0. The quantitative estimate of drug-likeness (QED) is 0.607. The van der Waals surface area contributed by atoms with Crippen molar-refractivity contribution in [2.24, 2.45) is 0 Å². The molecule has 0 aliphatic heterocycles. The summed E-state index contributed by atoms with van der Waals surface area (Å²) in [6.45, 7) is 3.17. The van der Waals surface area contributed by atoms with Crippen LogP contribution in [-0.2, 0) is 11.0 Å². The molecule has 2 N–H and O–H groups in total. The largest absolute Gasteiger partial charge is 0.506 e. The number of rotatable bonds is 2. The van der Waals surface area contributed by atoms with Crippen LogP contribution in [0.4, 0.5) is 18.9 Å². The molecule has 16 heavy (non-hydrogen) atoms. The molecule has 1 rings (SSSR count). The molecule has 0 unspecified atom stereocenters. The van der Waals surface area contributed by atoms with Gasteiger partial charge in [0.2, 0.25) is 5.91 Å². The molecular weight excluding hydrogens is 223 g/mol. The summed E-state index contributed by atoms with van der Waals surface area (Å²) in [4.78, 5) is 10.9. The molecule has 6 heteroatoms. The summed E-state index contributed by atoms with van der Waals surface area (Å²) in [5.74, 6) is -1.26. The third-order valence-corrected chi connectivity index (χ3v) is 1.77. The smallest absolute Gasteiger partial charge is 0.416 e. The molecule has 0 saturated heterocycles. The Morgan fingerprint density at radius 3 is 2.50 bits per heavy atom. The van der Waals surface area contributed by atoms with E-state index in [4.69, 9.17) is 0 Å². The van der Waals surface area contributed by atoms with Crippen molar-refractivity contribution in [1.82, 2.24) is 0 Å². The Hall–Kier alpha value is -1.98. The molecule has 0 bridgehead atoms. The van der Waals surface area contributed by atoms with Gasteiger partial charge in [-0.3, -0.25) is 4.79 Å². The Labute approximate surface area is 89.2 Å². The molecule has 0 heterocycles. The van der Waals surface area contributed by atoms with Crippen LogP contribution in [0, 0.1) is 0 Å². The van der Waals surface area contributed by atoms with E-state index in [1.807, 2.05) is 0 Å². The molecule has 1 aromatic rings. The van der Waals surface area contributed by atoms with E-state index in [0.717, 1.165) is 18.2 Å². The highest BCUT2D eigenvalue weighted by Gasteiger charge is 2.31. The van der Waals surface area contributed by atoms with Gasteiger partial charge in [0.25, 0.3) is 0 Å². The van der Waals surface area contributed by atoms with Crippen LogP contribution in [-0.4, -0.2) is 11.0 Å². The number of anilines is 1. The number of phenols is 1. The maximum absolute atomic E-state index is 12.2. The number of aromatic hydroxyl groups is 1. The van der Waals surface area contributed by atoms with Crippen LogP contribution in [0.5, 0.6) is 5.75 Å².